The number of aliphatic hydroxyl groups excluding tert-OH is 1. The Balaban J connectivity index is 1.10. The average Bonchev–Trinajstić information content (AvgIpc) is 3.55. The van der Waals surface area contributed by atoms with Gasteiger partial charge in [-0.2, -0.15) is 4.98 Å². The van der Waals surface area contributed by atoms with Crippen LogP contribution in [-0.2, 0) is 10.2 Å². The maximum absolute atomic E-state index is 13.6. The van der Waals surface area contributed by atoms with Crippen LogP contribution in [0.1, 0.15) is 94.7 Å². The van der Waals surface area contributed by atoms with Gasteiger partial charge < -0.3 is 19.8 Å². The van der Waals surface area contributed by atoms with E-state index in [1.807, 2.05) is 4.90 Å². The first-order chi connectivity index (χ1) is 16.3. The molecule has 3 saturated carbocycles. The summed E-state index contributed by atoms with van der Waals surface area (Å²) in [6, 6.07) is -0.309. The van der Waals surface area contributed by atoms with E-state index in [0.29, 0.717) is 50.0 Å². The summed E-state index contributed by atoms with van der Waals surface area (Å²) in [6.07, 6.45) is 7.74. The Kier molecular flexibility index (Phi) is 5.52. The van der Waals surface area contributed by atoms with Crippen molar-refractivity contribution in [2.75, 3.05) is 19.6 Å². The summed E-state index contributed by atoms with van der Waals surface area (Å²) in [5.41, 5.74) is -0.197. The summed E-state index contributed by atoms with van der Waals surface area (Å²) in [5, 5.41) is 18.5. The van der Waals surface area contributed by atoms with E-state index in [2.05, 4.69) is 10.5 Å². The van der Waals surface area contributed by atoms with E-state index in [1.165, 1.54) is 0 Å². The molecule has 1 spiro atoms. The fourth-order valence-corrected chi connectivity index (χ4v) is 7.02. The van der Waals surface area contributed by atoms with Crippen molar-refractivity contribution in [3.8, 4) is 0 Å². The number of amides is 1. The maximum atomic E-state index is 13.6. The van der Waals surface area contributed by atoms with E-state index >= 15 is 0 Å². The highest BCUT2D eigenvalue weighted by atomic mass is 19.3. The predicted molar refractivity (Wildman–Crippen MR) is 119 cm³/mol. The Morgan fingerprint density at radius 3 is 2.35 bits per heavy atom. The Hall–Kier alpha value is -1.61. The highest BCUT2D eigenvalue weighted by Gasteiger charge is 2.53. The molecule has 5 aliphatic rings. The molecule has 6 rings (SSSR count). The number of aromatic nitrogens is 2. The molecule has 1 aromatic heterocycles. The van der Waals surface area contributed by atoms with E-state index in [9.17, 15) is 18.7 Å². The van der Waals surface area contributed by atoms with Crippen LogP contribution in [0.3, 0.4) is 0 Å². The fraction of sp³-hybridized carbons (Fsp3) is 0.880. The summed E-state index contributed by atoms with van der Waals surface area (Å²) in [7, 11) is 0. The lowest BCUT2D eigenvalue weighted by molar-refractivity contribution is -0.141. The van der Waals surface area contributed by atoms with Crippen LogP contribution in [0, 0.1) is 11.3 Å². The van der Waals surface area contributed by atoms with Crippen LogP contribution < -0.4 is 5.32 Å². The lowest BCUT2D eigenvalue weighted by Crippen LogP contribution is -2.62. The maximum Gasteiger partial charge on any atom is 0.248 e. The highest BCUT2D eigenvalue weighted by molar-refractivity contribution is 5.82. The molecule has 3 aliphatic carbocycles. The average molecular weight is 479 g/mol. The number of piperidine rings is 2. The molecule has 0 unspecified atom stereocenters. The molecule has 188 valence electrons. The van der Waals surface area contributed by atoms with E-state index in [4.69, 9.17) is 9.51 Å². The molecule has 0 radical (unpaired) electrons. The largest absolute Gasteiger partial charge is 0.392 e. The van der Waals surface area contributed by atoms with E-state index in [1.54, 1.807) is 0 Å². The Labute approximate surface area is 199 Å². The van der Waals surface area contributed by atoms with Crippen molar-refractivity contribution in [3.63, 3.8) is 0 Å². The number of rotatable bonds is 4. The molecule has 2 saturated heterocycles. The van der Waals surface area contributed by atoms with E-state index in [-0.39, 0.29) is 41.5 Å². The summed E-state index contributed by atoms with van der Waals surface area (Å²) in [5.74, 6) is -0.840. The summed E-state index contributed by atoms with van der Waals surface area (Å²) in [4.78, 5) is 20.0. The summed E-state index contributed by atoms with van der Waals surface area (Å²) < 4.78 is 32.7. The van der Waals surface area contributed by atoms with E-state index in [0.717, 1.165) is 51.5 Å². The topological polar surface area (TPSA) is 91.5 Å². The summed E-state index contributed by atoms with van der Waals surface area (Å²) in [6.45, 7) is 2.02. The molecule has 2 N–H and O–H groups in total. The van der Waals surface area contributed by atoms with Gasteiger partial charge in [-0.15, -0.1) is 0 Å². The molecular weight excluding hydrogens is 442 g/mol. The number of likely N-dealkylation sites (tertiary alicyclic amines) is 1. The van der Waals surface area contributed by atoms with E-state index < -0.39 is 12.0 Å². The lowest BCUT2D eigenvalue weighted by Gasteiger charge is -2.51. The number of carbonyl (C=O) groups is 1. The van der Waals surface area contributed by atoms with Gasteiger partial charge in [-0.25, -0.2) is 8.78 Å². The van der Waals surface area contributed by atoms with Crippen molar-refractivity contribution in [1.82, 2.24) is 20.4 Å². The number of halogens is 2. The third-order valence-electron chi connectivity index (χ3n) is 9.79. The molecular formula is C25H36F2N4O3. The fourth-order valence-electron chi connectivity index (χ4n) is 7.02. The normalized spacial score (nSPS) is 33.0. The first-order valence-corrected chi connectivity index (χ1v) is 13.2. The molecule has 1 amide bonds. The zero-order valence-corrected chi connectivity index (χ0v) is 19.8. The number of alkyl halides is 2. The van der Waals surface area contributed by atoms with Crippen LogP contribution in [0.15, 0.2) is 4.52 Å². The molecule has 9 heteroatoms. The van der Waals surface area contributed by atoms with Gasteiger partial charge in [0.2, 0.25) is 17.7 Å². The quantitative estimate of drug-likeness (QED) is 0.688. The van der Waals surface area contributed by atoms with Crippen molar-refractivity contribution in [2.24, 2.45) is 11.3 Å². The SMILES string of the molecule is O=C([C@@H]1C[C@@H](O)C2(CCC2)CN1)N1CCC(c2noc(C3CCC(F)(F)CC3)n2)(C2CC2)CC1. The molecule has 0 bridgehead atoms. The van der Waals surface area contributed by atoms with Crippen LogP contribution in [0.2, 0.25) is 0 Å². The number of nitrogens with one attached hydrogen (secondary N) is 1. The van der Waals surface area contributed by atoms with Crippen molar-refractivity contribution in [3.05, 3.63) is 11.7 Å². The van der Waals surface area contributed by atoms with Gasteiger partial charge in [-0.1, -0.05) is 11.6 Å². The Bertz CT molecular complexity index is 911. The number of nitrogens with zero attached hydrogens (tertiary/aromatic N) is 3. The minimum absolute atomic E-state index is 0.00956. The van der Waals surface area contributed by atoms with Crippen molar-refractivity contribution in [2.45, 2.75) is 106 Å². The van der Waals surface area contributed by atoms with Crippen LogP contribution >= 0.6 is 0 Å². The van der Waals surface area contributed by atoms with Crippen molar-refractivity contribution < 1.29 is 23.2 Å². The lowest BCUT2D eigenvalue weighted by atomic mass is 9.62. The molecule has 34 heavy (non-hydrogen) atoms. The third-order valence-corrected chi connectivity index (χ3v) is 9.79. The molecule has 0 aromatic carbocycles. The second kappa shape index (κ2) is 8.22. The minimum atomic E-state index is -2.57. The number of hydrogen-bond acceptors (Lipinski definition) is 6. The molecule has 2 atom stereocenters. The third kappa shape index (κ3) is 3.87. The number of hydrogen-bond donors (Lipinski definition) is 2. The molecule has 1 aromatic rings. The predicted octanol–water partition coefficient (Wildman–Crippen LogP) is 3.53. The highest BCUT2D eigenvalue weighted by Crippen LogP contribution is 2.53. The number of aliphatic hydroxyl groups is 1. The molecule has 2 aliphatic heterocycles. The summed E-state index contributed by atoms with van der Waals surface area (Å²) >= 11 is 0. The molecule has 7 nitrogen and oxygen atoms in total. The van der Waals surface area contributed by atoms with Crippen LogP contribution in [-0.4, -0.2) is 63.8 Å². The van der Waals surface area contributed by atoms with Gasteiger partial charge in [0.05, 0.1) is 12.1 Å². The Morgan fingerprint density at radius 2 is 1.76 bits per heavy atom. The van der Waals surface area contributed by atoms with Gasteiger partial charge in [0.1, 0.15) is 0 Å². The van der Waals surface area contributed by atoms with Crippen molar-refractivity contribution in [1.29, 1.82) is 0 Å². The Morgan fingerprint density at radius 1 is 1.06 bits per heavy atom. The van der Waals surface area contributed by atoms with Gasteiger partial charge >= 0.3 is 0 Å². The standard InChI is InChI=1S/C25H36F2N4O3/c26-25(27)8-4-16(5-9-25)20-29-22(30-34-20)24(17-2-3-17)10-12-31(13-11-24)21(33)18-14-19(32)23(15-28-18)6-1-7-23/h16-19,28,32H,1-15H2/t18-,19+/m0/s1. The minimum Gasteiger partial charge on any atom is -0.392 e. The first kappa shape index (κ1) is 22.8. The first-order valence-electron chi connectivity index (χ1n) is 13.2. The molecule has 5 fully saturated rings. The second-order valence-electron chi connectivity index (χ2n) is 11.7. The van der Waals surface area contributed by atoms with Crippen LogP contribution in [0.4, 0.5) is 8.78 Å². The van der Waals surface area contributed by atoms with Crippen molar-refractivity contribution >= 4 is 5.91 Å². The van der Waals surface area contributed by atoms with Crippen LogP contribution in [0.25, 0.3) is 0 Å². The number of carbonyl (C=O) groups excluding carboxylic acids is 1. The van der Waals surface area contributed by atoms with Gasteiger partial charge in [0.15, 0.2) is 5.82 Å². The van der Waals surface area contributed by atoms with Gasteiger partial charge in [-0.3, -0.25) is 4.79 Å². The van der Waals surface area contributed by atoms with Crippen LogP contribution in [0.5, 0.6) is 0 Å². The molecule has 3 heterocycles. The zero-order valence-electron chi connectivity index (χ0n) is 19.8. The van der Waals surface area contributed by atoms with Gasteiger partial charge in [0.25, 0.3) is 0 Å². The van der Waals surface area contributed by atoms with Gasteiger partial charge in [0, 0.05) is 49.2 Å². The zero-order chi connectivity index (χ0) is 23.6. The second-order valence-corrected chi connectivity index (χ2v) is 11.7. The monoisotopic (exact) mass is 478 g/mol. The smallest absolute Gasteiger partial charge is 0.248 e. The van der Waals surface area contributed by atoms with Gasteiger partial charge in [-0.05, 0) is 63.7 Å².